The number of halogens is 2. The molecule has 9 heteroatoms. The minimum Gasteiger partial charge on any atom is -0.409 e. The summed E-state index contributed by atoms with van der Waals surface area (Å²) >= 11 is 0. The molecule has 30 heavy (non-hydrogen) atoms. The summed E-state index contributed by atoms with van der Waals surface area (Å²) in [5.41, 5.74) is 0.997. The van der Waals surface area contributed by atoms with Gasteiger partial charge in [-0.15, -0.1) is 0 Å². The normalized spacial score (nSPS) is 17.8. The van der Waals surface area contributed by atoms with Crippen LogP contribution in [0.5, 0.6) is 11.9 Å². The molecule has 1 saturated carbocycles. The number of oxime groups is 1. The maximum absolute atomic E-state index is 13.4. The lowest BCUT2D eigenvalue weighted by Crippen LogP contribution is -2.29. The Labute approximate surface area is 174 Å². The van der Waals surface area contributed by atoms with Gasteiger partial charge in [0.25, 0.3) is 12.0 Å². The zero-order valence-electron chi connectivity index (χ0n) is 17.8. The minimum atomic E-state index is -2.71. The van der Waals surface area contributed by atoms with E-state index >= 15 is 0 Å². The second kappa shape index (κ2) is 10.4. The third-order valence-corrected chi connectivity index (χ3v) is 5.23. The van der Waals surface area contributed by atoms with Crippen LogP contribution in [0.1, 0.15) is 71.8 Å². The van der Waals surface area contributed by atoms with Gasteiger partial charge in [0.1, 0.15) is 5.56 Å². The predicted molar refractivity (Wildman–Crippen MR) is 110 cm³/mol. The van der Waals surface area contributed by atoms with Gasteiger partial charge in [0, 0.05) is 5.92 Å². The Bertz CT molecular complexity index is 847. The molecule has 0 aromatic carbocycles. The standard InChI is InChI=1S/C21H29F2N3O4/c1-5-14(7-6-13(2)3)17-18(28)24-20(25-19(17)29-12-27)30-26-16-10-8-15(9-11-16)21(4,22)23/h5,12-13,15H,6-11H2,1-4H3,(H,24,25,28)/b14-5-,26-16?. The molecule has 1 aromatic rings. The molecule has 1 aliphatic carbocycles. The Hall–Kier alpha value is -2.58. The number of nitrogens with zero attached hydrogens (tertiary/aromatic N) is 2. The first-order chi connectivity index (χ1) is 14.2. The summed E-state index contributed by atoms with van der Waals surface area (Å²) < 4.78 is 31.7. The van der Waals surface area contributed by atoms with Gasteiger partial charge in [0.05, 0.1) is 5.71 Å². The van der Waals surface area contributed by atoms with Gasteiger partial charge < -0.3 is 9.57 Å². The van der Waals surface area contributed by atoms with E-state index in [9.17, 15) is 18.4 Å². The highest BCUT2D eigenvalue weighted by Gasteiger charge is 2.36. The summed E-state index contributed by atoms with van der Waals surface area (Å²) in [4.78, 5) is 35.3. The Morgan fingerprint density at radius 3 is 2.57 bits per heavy atom. The van der Waals surface area contributed by atoms with Crippen LogP contribution < -0.4 is 15.1 Å². The zero-order chi connectivity index (χ0) is 22.3. The molecule has 1 fully saturated rings. The van der Waals surface area contributed by atoms with Gasteiger partial charge in [-0.1, -0.05) is 25.1 Å². The summed E-state index contributed by atoms with van der Waals surface area (Å²) in [5, 5.41) is 3.95. The van der Waals surface area contributed by atoms with Crippen LogP contribution in [0.2, 0.25) is 0 Å². The lowest BCUT2D eigenvalue weighted by molar-refractivity contribution is -0.121. The van der Waals surface area contributed by atoms with E-state index in [0.29, 0.717) is 49.3 Å². The molecular weight excluding hydrogens is 396 g/mol. The Kier molecular flexibility index (Phi) is 8.25. The number of hydrogen-bond acceptors (Lipinski definition) is 6. The Balaban J connectivity index is 2.19. The number of carbonyl (C=O) groups excluding carboxylic acids is 1. The highest BCUT2D eigenvalue weighted by Crippen LogP contribution is 2.35. The van der Waals surface area contributed by atoms with E-state index in [0.717, 1.165) is 13.3 Å². The fraction of sp³-hybridized carbons (Fsp3) is 0.619. The molecule has 166 valence electrons. The van der Waals surface area contributed by atoms with Gasteiger partial charge in [0.15, 0.2) is 0 Å². The van der Waals surface area contributed by atoms with Gasteiger partial charge in [-0.2, -0.15) is 4.98 Å². The number of rotatable bonds is 9. The number of nitrogens with one attached hydrogen (secondary N) is 1. The van der Waals surface area contributed by atoms with Crippen molar-refractivity contribution in [3.8, 4) is 11.9 Å². The SMILES string of the molecule is C/C=C(/CCC(C)C)c1c(OC=O)nc(ON=C2CCC(C(C)(F)F)CC2)[nH]c1=O. The number of aromatic amines is 1. The fourth-order valence-electron chi connectivity index (χ4n) is 3.40. The summed E-state index contributed by atoms with van der Waals surface area (Å²) in [6, 6.07) is -0.227. The van der Waals surface area contributed by atoms with E-state index in [2.05, 4.69) is 29.0 Å². The number of hydrogen-bond donors (Lipinski definition) is 1. The van der Waals surface area contributed by atoms with Gasteiger partial charge in [-0.25, -0.2) is 8.78 Å². The zero-order valence-corrected chi connectivity index (χ0v) is 17.8. The molecule has 0 saturated heterocycles. The topological polar surface area (TPSA) is 93.6 Å². The molecule has 7 nitrogen and oxygen atoms in total. The van der Waals surface area contributed by atoms with Gasteiger partial charge in [0.2, 0.25) is 11.8 Å². The second-order valence-electron chi connectivity index (χ2n) is 7.99. The molecule has 2 rings (SSSR count). The maximum atomic E-state index is 13.4. The number of allylic oxidation sites excluding steroid dienone is 2. The number of H-pyrrole nitrogens is 1. The first-order valence-corrected chi connectivity index (χ1v) is 10.2. The van der Waals surface area contributed by atoms with Crippen molar-refractivity contribution in [1.29, 1.82) is 0 Å². The van der Waals surface area contributed by atoms with E-state index in [1.54, 1.807) is 13.0 Å². The molecular formula is C21H29F2N3O4. The smallest absolute Gasteiger partial charge is 0.329 e. The Morgan fingerprint density at radius 2 is 2.03 bits per heavy atom. The van der Waals surface area contributed by atoms with Crippen molar-refractivity contribution in [3.63, 3.8) is 0 Å². The summed E-state index contributed by atoms with van der Waals surface area (Å²) in [5.74, 6) is -3.11. The lowest BCUT2D eigenvalue weighted by atomic mass is 9.84. The van der Waals surface area contributed by atoms with E-state index in [1.807, 2.05) is 0 Å². The van der Waals surface area contributed by atoms with Gasteiger partial charge in [-0.05, 0) is 63.9 Å². The highest BCUT2D eigenvalue weighted by molar-refractivity contribution is 5.84. The van der Waals surface area contributed by atoms with Crippen molar-refractivity contribution in [2.45, 2.75) is 72.1 Å². The van der Waals surface area contributed by atoms with Crippen LogP contribution in [0.25, 0.3) is 5.57 Å². The largest absolute Gasteiger partial charge is 0.409 e. The van der Waals surface area contributed by atoms with Crippen LogP contribution in [-0.2, 0) is 4.79 Å². The van der Waals surface area contributed by atoms with Crippen molar-refractivity contribution < 1.29 is 23.1 Å². The van der Waals surface area contributed by atoms with Crippen LogP contribution in [0, 0.1) is 11.8 Å². The summed E-state index contributed by atoms with van der Waals surface area (Å²) in [6.07, 6.45) is 4.65. The van der Waals surface area contributed by atoms with Gasteiger partial charge >= 0.3 is 6.01 Å². The van der Waals surface area contributed by atoms with E-state index < -0.39 is 17.4 Å². The molecule has 0 aliphatic heterocycles. The second-order valence-corrected chi connectivity index (χ2v) is 7.99. The molecule has 0 spiro atoms. The molecule has 0 radical (unpaired) electrons. The quantitative estimate of drug-likeness (QED) is 0.456. The molecule has 1 N–H and O–H groups in total. The fourth-order valence-corrected chi connectivity index (χ4v) is 3.40. The third kappa shape index (κ3) is 6.47. The average molecular weight is 425 g/mol. The van der Waals surface area contributed by atoms with E-state index in [4.69, 9.17) is 9.57 Å². The molecule has 0 unspecified atom stereocenters. The average Bonchev–Trinajstić information content (AvgIpc) is 2.68. The first-order valence-electron chi connectivity index (χ1n) is 10.2. The van der Waals surface area contributed by atoms with Crippen molar-refractivity contribution in [1.82, 2.24) is 9.97 Å². The van der Waals surface area contributed by atoms with Crippen molar-refractivity contribution in [3.05, 3.63) is 22.0 Å². The number of carbonyl (C=O) groups is 1. The highest BCUT2D eigenvalue weighted by atomic mass is 19.3. The van der Waals surface area contributed by atoms with E-state index in [1.165, 1.54) is 0 Å². The van der Waals surface area contributed by atoms with Crippen molar-refractivity contribution in [2.75, 3.05) is 0 Å². The number of aromatic nitrogens is 2. The van der Waals surface area contributed by atoms with Crippen LogP contribution in [-0.4, -0.2) is 28.1 Å². The van der Waals surface area contributed by atoms with E-state index in [-0.39, 0.29) is 23.9 Å². The number of ether oxygens (including phenoxy) is 1. The molecule has 1 aliphatic rings. The lowest BCUT2D eigenvalue weighted by Gasteiger charge is -2.27. The number of alkyl halides is 2. The van der Waals surface area contributed by atoms with Crippen molar-refractivity contribution in [2.24, 2.45) is 17.0 Å². The monoisotopic (exact) mass is 425 g/mol. The first kappa shape index (κ1) is 23.7. The van der Waals surface area contributed by atoms with Crippen molar-refractivity contribution >= 4 is 17.8 Å². The van der Waals surface area contributed by atoms with Gasteiger partial charge in [-0.3, -0.25) is 14.6 Å². The molecule has 0 atom stereocenters. The third-order valence-electron chi connectivity index (χ3n) is 5.23. The predicted octanol–water partition coefficient (Wildman–Crippen LogP) is 4.72. The Morgan fingerprint density at radius 1 is 1.37 bits per heavy atom. The van der Waals surface area contributed by atoms with Crippen LogP contribution >= 0.6 is 0 Å². The maximum Gasteiger partial charge on any atom is 0.329 e. The molecule has 0 bridgehead atoms. The summed E-state index contributed by atoms with van der Waals surface area (Å²) in [6.45, 7) is 7.07. The molecule has 1 aromatic heterocycles. The van der Waals surface area contributed by atoms with Crippen LogP contribution in [0.15, 0.2) is 16.0 Å². The van der Waals surface area contributed by atoms with Crippen LogP contribution in [0.4, 0.5) is 8.78 Å². The molecule has 0 amide bonds. The summed E-state index contributed by atoms with van der Waals surface area (Å²) in [7, 11) is 0. The molecule has 1 heterocycles. The van der Waals surface area contributed by atoms with Crippen LogP contribution in [0.3, 0.4) is 0 Å². The minimum absolute atomic E-state index is 0.157.